The van der Waals surface area contributed by atoms with Crippen LogP contribution in [0.25, 0.3) is 0 Å². The maximum absolute atomic E-state index is 13.1. The van der Waals surface area contributed by atoms with Crippen molar-refractivity contribution in [1.29, 1.82) is 0 Å². The van der Waals surface area contributed by atoms with E-state index >= 15 is 0 Å². The summed E-state index contributed by atoms with van der Waals surface area (Å²) in [4.78, 5) is 26.8. The summed E-state index contributed by atoms with van der Waals surface area (Å²) in [5.41, 5.74) is 1.41. The Labute approximate surface area is 198 Å². The Hall–Kier alpha value is -3.11. The molecular weight excluding hydrogens is 458 g/mol. The van der Waals surface area contributed by atoms with E-state index < -0.39 is 10.0 Å². The second-order valence-electron chi connectivity index (χ2n) is 8.67. The first-order valence-electron chi connectivity index (χ1n) is 11.5. The van der Waals surface area contributed by atoms with E-state index in [-0.39, 0.29) is 35.7 Å². The Morgan fingerprint density at radius 1 is 0.971 bits per heavy atom. The molecule has 9 nitrogen and oxygen atoms in total. The number of hydrogen-bond acceptors (Lipinski definition) is 6. The van der Waals surface area contributed by atoms with E-state index in [0.717, 1.165) is 12.1 Å². The maximum Gasteiger partial charge on any atom is 0.243 e. The van der Waals surface area contributed by atoms with Crippen LogP contribution in [0.2, 0.25) is 0 Å². The monoisotopic (exact) mass is 485 g/mol. The topological polar surface area (TPSA) is 105 Å². The van der Waals surface area contributed by atoms with Crippen molar-refractivity contribution in [3.63, 3.8) is 0 Å². The Morgan fingerprint density at radius 3 is 2.47 bits per heavy atom. The van der Waals surface area contributed by atoms with Crippen molar-refractivity contribution >= 4 is 33.2 Å². The van der Waals surface area contributed by atoms with Crippen LogP contribution in [0.4, 0.5) is 11.4 Å². The van der Waals surface area contributed by atoms with Gasteiger partial charge in [0.05, 0.1) is 4.90 Å². The number of carbonyl (C=O) groups excluding carboxylic acids is 2. The van der Waals surface area contributed by atoms with Crippen LogP contribution in [0.5, 0.6) is 11.5 Å². The van der Waals surface area contributed by atoms with Crippen molar-refractivity contribution in [2.24, 2.45) is 5.92 Å². The van der Waals surface area contributed by atoms with Crippen LogP contribution in [-0.2, 0) is 19.6 Å². The van der Waals surface area contributed by atoms with Gasteiger partial charge in [-0.15, -0.1) is 0 Å². The summed E-state index contributed by atoms with van der Waals surface area (Å²) in [5, 5.41) is 2.93. The molecule has 0 radical (unpaired) electrons. The zero-order valence-electron chi connectivity index (χ0n) is 18.7. The number of rotatable bonds is 5. The summed E-state index contributed by atoms with van der Waals surface area (Å²) in [6.07, 6.45) is 2.24. The lowest BCUT2D eigenvalue weighted by Crippen LogP contribution is -2.41. The van der Waals surface area contributed by atoms with Crippen LogP contribution in [0.1, 0.15) is 25.7 Å². The molecule has 180 valence electrons. The minimum absolute atomic E-state index is 0.0927. The highest BCUT2D eigenvalue weighted by atomic mass is 32.2. The Bertz CT molecular complexity index is 1210. The number of fused-ring (bicyclic) bond motifs is 1. The Kier molecular flexibility index (Phi) is 6.18. The van der Waals surface area contributed by atoms with Gasteiger partial charge in [-0.1, -0.05) is 6.07 Å². The van der Waals surface area contributed by atoms with Crippen molar-refractivity contribution in [1.82, 2.24) is 4.31 Å². The number of nitrogens with zero attached hydrogens (tertiary/aromatic N) is 2. The molecule has 5 rings (SSSR count). The molecule has 0 spiro atoms. The van der Waals surface area contributed by atoms with Gasteiger partial charge in [0, 0.05) is 49.4 Å². The van der Waals surface area contributed by atoms with E-state index in [1.165, 1.54) is 16.4 Å². The number of sulfonamides is 1. The molecule has 2 saturated heterocycles. The lowest BCUT2D eigenvalue weighted by atomic mass is 9.97. The van der Waals surface area contributed by atoms with Gasteiger partial charge in [0.2, 0.25) is 21.8 Å². The lowest BCUT2D eigenvalue weighted by molar-refractivity contribution is -0.121. The molecule has 10 heteroatoms. The summed E-state index contributed by atoms with van der Waals surface area (Å²) < 4.78 is 38.7. The van der Waals surface area contributed by atoms with Crippen molar-refractivity contribution < 1.29 is 27.5 Å². The summed E-state index contributed by atoms with van der Waals surface area (Å²) in [7, 11) is -3.70. The predicted octanol–water partition coefficient (Wildman–Crippen LogP) is 2.62. The summed E-state index contributed by atoms with van der Waals surface area (Å²) >= 11 is 0. The molecule has 0 unspecified atom stereocenters. The minimum atomic E-state index is -3.70. The molecule has 0 aliphatic carbocycles. The Morgan fingerprint density at radius 2 is 1.74 bits per heavy atom. The molecule has 3 heterocycles. The molecule has 3 aliphatic heterocycles. The fourth-order valence-electron chi connectivity index (χ4n) is 4.61. The molecule has 34 heavy (non-hydrogen) atoms. The third kappa shape index (κ3) is 4.47. The van der Waals surface area contributed by atoms with E-state index in [0.29, 0.717) is 56.2 Å². The van der Waals surface area contributed by atoms with E-state index in [1.807, 2.05) is 18.2 Å². The van der Waals surface area contributed by atoms with Gasteiger partial charge in [0.15, 0.2) is 11.5 Å². The first kappa shape index (κ1) is 22.7. The molecule has 2 aromatic rings. The summed E-state index contributed by atoms with van der Waals surface area (Å²) in [6, 6.07) is 11.9. The van der Waals surface area contributed by atoms with Gasteiger partial charge in [-0.2, -0.15) is 4.31 Å². The highest BCUT2D eigenvalue weighted by Gasteiger charge is 2.33. The molecule has 0 saturated carbocycles. The van der Waals surface area contributed by atoms with Crippen LogP contribution in [0.3, 0.4) is 0 Å². The van der Waals surface area contributed by atoms with E-state index in [2.05, 4.69) is 5.32 Å². The molecule has 0 bridgehead atoms. The highest BCUT2D eigenvalue weighted by molar-refractivity contribution is 7.89. The summed E-state index contributed by atoms with van der Waals surface area (Å²) in [5.74, 6) is 0.637. The van der Waals surface area contributed by atoms with Crippen LogP contribution in [0.15, 0.2) is 47.4 Å². The fourth-order valence-corrected chi connectivity index (χ4v) is 6.09. The smallest absolute Gasteiger partial charge is 0.243 e. The van der Waals surface area contributed by atoms with E-state index in [9.17, 15) is 18.0 Å². The number of piperidine rings is 1. The minimum Gasteiger partial charge on any atom is -0.486 e. The number of ether oxygens (including phenoxy) is 2. The SMILES string of the molecule is O=C(Nc1cccc(N2CCCC2=O)c1)C1CCN(S(=O)(=O)c2ccc3c(c2)OCCO3)CC1. The van der Waals surface area contributed by atoms with Crippen LogP contribution in [0, 0.1) is 5.92 Å². The van der Waals surface area contributed by atoms with Crippen molar-refractivity contribution in [3.05, 3.63) is 42.5 Å². The second kappa shape index (κ2) is 9.27. The van der Waals surface area contributed by atoms with Gasteiger partial charge >= 0.3 is 0 Å². The summed E-state index contributed by atoms with van der Waals surface area (Å²) in [6.45, 7) is 2.03. The van der Waals surface area contributed by atoms with Crippen LogP contribution in [-0.4, -0.2) is 57.4 Å². The molecule has 2 aromatic carbocycles. The zero-order chi connectivity index (χ0) is 23.7. The third-order valence-corrected chi connectivity index (χ3v) is 8.37. The lowest BCUT2D eigenvalue weighted by Gasteiger charge is -2.31. The average Bonchev–Trinajstić information content (AvgIpc) is 3.30. The van der Waals surface area contributed by atoms with Gasteiger partial charge in [0.1, 0.15) is 13.2 Å². The maximum atomic E-state index is 13.1. The average molecular weight is 486 g/mol. The standard InChI is InChI=1S/C24H27N3O6S/c28-23-5-2-10-27(23)19-4-1-3-18(15-19)25-24(29)17-8-11-26(12-9-17)34(30,31)20-6-7-21-22(16-20)33-14-13-32-21/h1,3-4,6-7,15-17H,2,5,8-14H2,(H,25,29). The van der Waals surface area contributed by atoms with Gasteiger partial charge in [-0.3, -0.25) is 9.59 Å². The van der Waals surface area contributed by atoms with Gasteiger partial charge in [-0.05, 0) is 49.6 Å². The van der Waals surface area contributed by atoms with E-state index in [1.54, 1.807) is 17.0 Å². The molecule has 1 N–H and O–H groups in total. The van der Waals surface area contributed by atoms with Crippen LogP contribution < -0.4 is 19.7 Å². The third-order valence-electron chi connectivity index (χ3n) is 6.47. The van der Waals surface area contributed by atoms with Crippen molar-refractivity contribution in [2.45, 2.75) is 30.6 Å². The Balaban J connectivity index is 1.20. The first-order valence-corrected chi connectivity index (χ1v) is 13.0. The van der Waals surface area contributed by atoms with Gasteiger partial charge in [0.25, 0.3) is 0 Å². The van der Waals surface area contributed by atoms with Gasteiger partial charge in [-0.25, -0.2) is 8.42 Å². The molecular formula is C24H27N3O6S. The molecule has 0 atom stereocenters. The first-order chi connectivity index (χ1) is 16.4. The van der Waals surface area contributed by atoms with E-state index in [4.69, 9.17) is 9.47 Å². The molecule has 2 fully saturated rings. The zero-order valence-corrected chi connectivity index (χ0v) is 19.6. The second-order valence-corrected chi connectivity index (χ2v) is 10.6. The molecule has 2 amide bonds. The molecule has 0 aromatic heterocycles. The quantitative estimate of drug-likeness (QED) is 0.698. The highest BCUT2D eigenvalue weighted by Crippen LogP contribution is 2.34. The number of anilines is 2. The number of amides is 2. The number of benzene rings is 2. The molecule has 3 aliphatic rings. The number of nitrogens with one attached hydrogen (secondary N) is 1. The fraction of sp³-hybridized carbons (Fsp3) is 0.417. The normalized spacial score (nSPS) is 19.3. The number of carbonyl (C=O) groups is 2. The van der Waals surface area contributed by atoms with Crippen molar-refractivity contribution in [2.75, 3.05) is 43.1 Å². The van der Waals surface area contributed by atoms with Gasteiger partial charge < -0.3 is 19.7 Å². The largest absolute Gasteiger partial charge is 0.486 e. The predicted molar refractivity (Wildman–Crippen MR) is 126 cm³/mol. The van der Waals surface area contributed by atoms with Crippen LogP contribution >= 0.6 is 0 Å². The number of hydrogen-bond donors (Lipinski definition) is 1. The van der Waals surface area contributed by atoms with Crippen molar-refractivity contribution in [3.8, 4) is 11.5 Å².